The van der Waals surface area contributed by atoms with E-state index < -0.39 is 9.84 Å². The summed E-state index contributed by atoms with van der Waals surface area (Å²) in [4.78, 5) is 11.0. The Kier molecular flexibility index (Phi) is 2.74. The van der Waals surface area contributed by atoms with Gasteiger partial charge in [-0.05, 0) is 12.8 Å². The van der Waals surface area contributed by atoms with Gasteiger partial charge in [-0.3, -0.25) is 9.48 Å². The molecule has 0 saturated carbocycles. The Morgan fingerprint density at radius 1 is 1.28 bits per heavy atom. The fourth-order valence-electron chi connectivity index (χ4n) is 2.73. The third-order valence-corrected chi connectivity index (χ3v) is 5.44. The molecule has 1 saturated heterocycles. The average molecular weight is 269 g/mol. The molecule has 3 rings (SSSR count). The molecule has 98 valence electrons. The van der Waals surface area contributed by atoms with Gasteiger partial charge in [0.2, 0.25) is 0 Å². The molecular weight excluding hydrogens is 254 g/mol. The number of nitrogens with one attached hydrogen (secondary N) is 1. The second-order valence-corrected chi connectivity index (χ2v) is 7.16. The first-order valence-electron chi connectivity index (χ1n) is 6.07. The molecular formula is C11H15N3O3S. The van der Waals surface area contributed by atoms with Crippen LogP contribution in [0.4, 0.5) is 0 Å². The van der Waals surface area contributed by atoms with E-state index in [9.17, 15) is 13.2 Å². The maximum absolute atomic E-state index is 11.4. The summed E-state index contributed by atoms with van der Waals surface area (Å²) in [6.07, 6.45) is 1.96. The van der Waals surface area contributed by atoms with Gasteiger partial charge in [0.25, 0.3) is 0 Å². The van der Waals surface area contributed by atoms with E-state index in [1.807, 2.05) is 4.68 Å². The molecule has 0 unspecified atom stereocenters. The SMILES string of the molecule is O=Cc1nn(C2CCS(=O)(=O)CC2)c2c1CNC2. The van der Waals surface area contributed by atoms with Gasteiger partial charge >= 0.3 is 0 Å². The molecule has 6 nitrogen and oxygen atoms in total. The van der Waals surface area contributed by atoms with E-state index >= 15 is 0 Å². The molecule has 0 aliphatic carbocycles. The van der Waals surface area contributed by atoms with Gasteiger partial charge in [-0.1, -0.05) is 0 Å². The third kappa shape index (κ3) is 1.87. The Hall–Kier alpha value is -1.21. The Bertz CT molecular complexity index is 577. The van der Waals surface area contributed by atoms with Crippen molar-refractivity contribution in [1.29, 1.82) is 0 Å². The lowest BCUT2D eigenvalue weighted by molar-refractivity contribution is 0.111. The van der Waals surface area contributed by atoms with Crippen molar-refractivity contribution in [1.82, 2.24) is 15.1 Å². The van der Waals surface area contributed by atoms with Crippen LogP contribution in [0.3, 0.4) is 0 Å². The van der Waals surface area contributed by atoms with Gasteiger partial charge in [-0.2, -0.15) is 5.10 Å². The first kappa shape index (κ1) is 11.9. The van der Waals surface area contributed by atoms with E-state index in [0.29, 0.717) is 31.6 Å². The Labute approximate surface area is 105 Å². The number of sulfone groups is 1. The predicted molar refractivity (Wildman–Crippen MR) is 65.1 cm³/mol. The van der Waals surface area contributed by atoms with E-state index in [2.05, 4.69) is 10.4 Å². The van der Waals surface area contributed by atoms with Crippen molar-refractivity contribution in [2.24, 2.45) is 0 Å². The minimum atomic E-state index is -2.86. The number of aldehydes is 1. The van der Waals surface area contributed by atoms with Crippen LogP contribution in [0.15, 0.2) is 0 Å². The van der Waals surface area contributed by atoms with Gasteiger partial charge in [0, 0.05) is 18.7 Å². The van der Waals surface area contributed by atoms with Gasteiger partial charge in [0.1, 0.15) is 15.5 Å². The molecule has 0 amide bonds. The summed E-state index contributed by atoms with van der Waals surface area (Å²) >= 11 is 0. The van der Waals surface area contributed by atoms with E-state index in [1.165, 1.54) is 0 Å². The molecule has 1 fully saturated rings. The van der Waals surface area contributed by atoms with Crippen molar-refractivity contribution in [2.45, 2.75) is 32.0 Å². The first-order chi connectivity index (χ1) is 8.61. The maximum atomic E-state index is 11.4. The zero-order valence-electron chi connectivity index (χ0n) is 9.92. The highest BCUT2D eigenvalue weighted by atomic mass is 32.2. The molecule has 2 aliphatic heterocycles. The Morgan fingerprint density at radius 2 is 2.00 bits per heavy atom. The summed E-state index contributed by atoms with van der Waals surface area (Å²) in [5.74, 6) is 0.437. The van der Waals surface area contributed by atoms with Crippen molar-refractivity contribution in [3.05, 3.63) is 17.0 Å². The van der Waals surface area contributed by atoms with Gasteiger partial charge in [0.15, 0.2) is 6.29 Å². The molecule has 0 atom stereocenters. The number of rotatable bonds is 2. The van der Waals surface area contributed by atoms with Crippen LogP contribution in [0, 0.1) is 0 Å². The highest BCUT2D eigenvalue weighted by Crippen LogP contribution is 2.28. The van der Waals surface area contributed by atoms with Crippen molar-refractivity contribution in [2.75, 3.05) is 11.5 Å². The minimum absolute atomic E-state index is 0.107. The molecule has 1 aromatic heterocycles. The number of carbonyl (C=O) groups excluding carboxylic acids is 1. The highest BCUT2D eigenvalue weighted by Gasteiger charge is 2.30. The second kappa shape index (κ2) is 4.17. The van der Waals surface area contributed by atoms with Crippen LogP contribution in [-0.4, -0.2) is 36.0 Å². The molecule has 0 spiro atoms. The normalized spacial score (nSPS) is 22.9. The predicted octanol–water partition coefficient (Wildman–Crippen LogP) is 0.0485. The molecule has 1 aromatic rings. The lowest BCUT2D eigenvalue weighted by Gasteiger charge is -2.23. The van der Waals surface area contributed by atoms with Crippen molar-refractivity contribution in [3.63, 3.8) is 0 Å². The summed E-state index contributed by atoms with van der Waals surface area (Å²) in [5, 5.41) is 7.54. The van der Waals surface area contributed by atoms with Crippen LogP contribution in [0.25, 0.3) is 0 Å². The number of fused-ring (bicyclic) bond motifs is 1. The van der Waals surface area contributed by atoms with Gasteiger partial charge in [-0.25, -0.2) is 8.42 Å². The zero-order chi connectivity index (χ0) is 12.8. The van der Waals surface area contributed by atoms with E-state index in [0.717, 1.165) is 17.5 Å². The number of carbonyl (C=O) groups is 1. The maximum Gasteiger partial charge on any atom is 0.170 e. The van der Waals surface area contributed by atoms with Crippen molar-refractivity contribution in [3.8, 4) is 0 Å². The highest BCUT2D eigenvalue weighted by molar-refractivity contribution is 7.91. The van der Waals surface area contributed by atoms with Gasteiger partial charge in [0.05, 0.1) is 23.2 Å². The van der Waals surface area contributed by atoms with Crippen LogP contribution in [0.2, 0.25) is 0 Å². The quantitative estimate of drug-likeness (QED) is 0.767. The average Bonchev–Trinajstić information content (AvgIpc) is 2.90. The Morgan fingerprint density at radius 3 is 2.67 bits per heavy atom. The number of hydrogen-bond acceptors (Lipinski definition) is 5. The monoisotopic (exact) mass is 269 g/mol. The topological polar surface area (TPSA) is 81.1 Å². The van der Waals surface area contributed by atoms with Gasteiger partial charge in [-0.15, -0.1) is 0 Å². The molecule has 18 heavy (non-hydrogen) atoms. The fourth-order valence-corrected chi connectivity index (χ4v) is 4.19. The number of nitrogens with zero attached hydrogens (tertiary/aromatic N) is 2. The van der Waals surface area contributed by atoms with E-state index in [1.54, 1.807) is 0 Å². The first-order valence-corrected chi connectivity index (χ1v) is 7.89. The lowest BCUT2D eigenvalue weighted by Crippen LogP contribution is -2.27. The third-order valence-electron chi connectivity index (χ3n) is 3.73. The second-order valence-electron chi connectivity index (χ2n) is 4.86. The van der Waals surface area contributed by atoms with Crippen LogP contribution < -0.4 is 5.32 Å². The zero-order valence-corrected chi connectivity index (χ0v) is 10.7. The van der Waals surface area contributed by atoms with Gasteiger partial charge < -0.3 is 5.32 Å². The molecule has 0 radical (unpaired) electrons. The number of hydrogen-bond donors (Lipinski definition) is 1. The molecule has 0 bridgehead atoms. The van der Waals surface area contributed by atoms with E-state index in [-0.39, 0.29) is 17.5 Å². The fraction of sp³-hybridized carbons (Fsp3) is 0.636. The minimum Gasteiger partial charge on any atom is -0.307 e. The van der Waals surface area contributed by atoms with Crippen molar-refractivity contribution >= 4 is 16.1 Å². The number of aromatic nitrogens is 2. The largest absolute Gasteiger partial charge is 0.307 e. The molecule has 0 aromatic carbocycles. The Balaban J connectivity index is 1.92. The summed E-state index contributed by atoms with van der Waals surface area (Å²) in [5.41, 5.74) is 2.50. The molecule has 3 heterocycles. The van der Waals surface area contributed by atoms with Crippen LogP contribution in [0.5, 0.6) is 0 Å². The summed E-state index contributed by atoms with van der Waals surface area (Å²) < 4.78 is 24.7. The lowest BCUT2D eigenvalue weighted by atomic mass is 10.1. The summed E-state index contributed by atoms with van der Waals surface area (Å²) in [6.45, 7) is 1.38. The van der Waals surface area contributed by atoms with Crippen LogP contribution >= 0.6 is 0 Å². The summed E-state index contributed by atoms with van der Waals surface area (Å²) in [6, 6.07) is 0.107. The van der Waals surface area contributed by atoms with E-state index in [4.69, 9.17) is 0 Å². The van der Waals surface area contributed by atoms with Crippen molar-refractivity contribution < 1.29 is 13.2 Å². The van der Waals surface area contributed by atoms with Crippen LogP contribution in [0.1, 0.15) is 40.6 Å². The standard InChI is InChI=1S/C11H15N3O3S/c15-7-10-9-5-12-6-11(9)14(13-10)8-1-3-18(16,17)4-2-8/h7-8,12H,1-6H2. The summed E-state index contributed by atoms with van der Waals surface area (Å²) in [7, 11) is -2.86. The molecule has 7 heteroatoms. The van der Waals surface area contributed by atoms with Crippen LogP contribution in [-0.2, 0) is 22.9 Å². The molecule has 2 aliphatic rings. The smallest absolute Gasteiger partial charge is 0.170 e. The molecule has 1 N–H and O–H groups in total.